The van der Waals surface area contributed by atoms with Crippen LogP contribution < -0.4 is 0 Å². The van der Waals surface area contributed by atoms with E-state index in [1.165, 1.54) is 0 Å². The van der Waals surface area contributed by atoms with E-state index in [2.05, 4.69) is 16.7 Å². The van der Waals surface area contributed by atoms with Crippen LogP contribution >= 0.6 is 11.6 Å². The molecule has 62 valence electrons. The van der Waals surface area contributed by atoms with E-state index in [9.17, 15) is 0 Å². The van der Waals surface area contributed by atoms with Gasteiger partial charge in [-0.2, -0.15) is 0 Å². The van der Waals surface area contributed by atoms with E-state index in [1.807, 2.05) is 13.8 Å². The number of halogens is 1. The van der Waals surface area contributed by atoms with Crippen molar-refractivity contribution >= 4 is 23.5 Å². The second-order valence-corrected chi connectivity index (χ2v) is 3.05. The molecular formula is C8H13ClN2. The topological polar surface area (TPSA) is 24.7 Å². The summed E-state index contributed by atoms with van der Waals surface area (Å²) < 4.78 is 0. The van der Waals surface area contributed by atoms with Gasteiger partial charge in [0, 0.05) is 6.20 Å². The molecule has 11 heavy (non-hydrogen) atoms. The Hall–Kier alpha value is -0.630. The summed E-state index contributed by atoms with van der Waals surface area (Å²) in [6.07, 6.45) is 1.62. The van der Waals surface area contributed by atoms with Crippen molar-refractivity contribution in [1.29, 1.82) is 0 Å². The molecule has 0 aromatic rings. The molecule has 0 spiro atoms. The van der Waals surface area contributed by atoms with Gasteiger partial charge in [-0.1, -0.05) is 25.4 Å². The average molecular weight is 173 g/mol. The lowest BCUT2D eigenvalue weighted by atomic mass is 10.1. The maximum atomic E-state index is 5.60. The molecule has 0 saturated heterocycles. The van der Waals surface area contributed by atoms with Gasteiger partial charge < -0.3 is 0 Å². The van der Waals surface area contributed by atoms with Gasteiger partial charge in [-0.3, -0.25) is 4.99 Å². The first-order valence-electron chi connectivity index (χ1n) is 3.44. The van der Waals surface area contributed by atoms with E-state index in [0.29, 0.717) is 11.1 Å². The summed E-state index contributed by atoms with van der Waals surface area (Å²) in [5, 5.41) is 0.522. The maximum Gasteiger partial charge on any atom is 0.103 e. The predicted octanol–water partition coefficient (Wildman–Crippen LogP) is 2.84. The molecule has 0 fully saturated rings. The molecule has 0 aromatic heterocycles. The zero-order valence-corrected chi connectivity index (χ0v) is 7.89. The Morgan fingerprint density at radius 2 is 2.09 bits per heavy atom. The molecule has 0 rings (SSSR count). The maximum absolute atomic E-state index is 5.60. The highest BCUT2D eigenvalue weighted by Crippen LogP contribution is 2.11. The van der Waals surface area contributed by atoms with Crippen LogP contribution in [0.1, 0.15) is 20.8 Å². The van der Waals surface area contributed by atoms with E-state index in [1.54, 1.807) is 13.1 Å². The molecule has 0 heterocycles. The van der Waals surface area contributed by atoms with Crippen LogP contribution in [0.3, 0.4) is 0 Å². The summed E-state index contributed by atoms with van der Waals surface area (Å²) in [7, 11) is 0. The standard InChI is InChI=1S/C8H13ClN2/c1-6(2)8(5-10-4)11-7(3)9/h5-6H,4H2,1-3H3/b8-5-,11-7?. The van der Waals surface area contributed by atoms with Crippen LogP contribution in [0.15, 0.2) is 21.9 Å². The SMILES string of the molecule is C=N/C=C(\N=C(C)Cl)C(C)C. The number of rotatable bonds is 3. The zero-order chi connectivity index (χ0) is 8.85. The molecule has 0 aromatic carbocycles. The largest absolute Gasteiger partial charge is 0.271 e. The summed E-state index contributed by atoms with van der Waals surface area (Å²) in [4.78, 5) is 7.71. The Kier molecular flexibility index (Phi) is 4.79. The smallest absolute Gasteiger partial charge is 0.103 e. The van der Waals surface area contributed by atoms with Gasteiger partial charge in [0.05, 0.1) is 5.70 Å². The summed E-state index contributed by atoms with van der Waals surface area (Å²) >= 11 is 5.60. The van der Waals surface area contributed by atoms with Crippen molar-refractivity contribution in [2.45, 2.75) is 20.8 Å². The average Bonchev–Trinajstić information content (AvgIpc) is 1.86. The van der Waals surface area contributed by atoms with Crippen molar-refractivity contribution in [3.8, 4) is 0 Å². The lowest BCUT2D eigenvalue weighted by Gasteiger charge is -2.03. The first-order valence-corrected chi connectivity index (χ1v) is 3.82. The second kappa shape index (κ2) is 5.08. The van der Waals surface area contributed by atoms with Gasteiger partial charge in [-0.05, 0) is 19.6 Å². The van der Waals surface area contributed by atoms with Crippen LogP contribution in [-0.4, -0.2) is 11.9 Å². The molecule has 0 amide bonds. The van der Waals surface area contributed by atoms with Gasteiger partial charge in [0.1, 0.15) is 5.17 Å². The number of aliphatic imine (C=N–C) groups is 2. The fraction of sp³-hybridized carbons (Fsp3) is 0.500. The minimum Gasteiger partial charge on any atom is -0.271 e. The Morgan fingerprint density at radius 3 is 2.36 bits per heavy atom. The number of allylic oxidation sites excluding steroid dienone is 1. The number of hydrogen-bond acceptors (Lipinski definition) is 2. The van der Waals surface area contributed by atoms with Gasteiger partial charge in [0.25, 0.3) is 0 Å². The van der Waals surface area contributed by atoms with E-state index >= 15 is 0 Å². The Balaban J connectivity index is 4.49. The molecule has 0 aliphatic heterocycles. The van der Waals surface area contributed by atoms with Gasteiger partial charge in [-0.15, -0.1) is 0 Å². The highest BCUT2D eigenvalue weighted by molar-refractivity contribution is 6.64. The normalized spacial score (nSPS) is 13.9. The third-order valence-corrected chi connectivity index (χ3v) is 1.18. The molecular weight excluding hydrogens is 160 g/mol. The van der Waals surface area contributed by atoms with Crippen molar-refractivity contribution < 1.29 is 0 Å². The lowest BCUT2D eigenvalue weighted by Crippen LogP contribution is -1.92. The van der Waals surface area contributed by atoms with E-state index in [4.69, 9.17) is 11.6 Å². The monoisotopic (exact) mass is 172 g/mol. The molecule has 3 heteroatoms. The highest BCUT2D eigenvalue weighted by Gasteiger charge is 1.99. The molecule has 0 atom stereocenters. The fourth-order valence-corrected chi connectivity index (χ4v) is 0.676. The van der Waals surface area contributed by atoms with E-state index in [0.717, 1.165) is 5.70 Å². The van der Waals surface area contributed by atoms with E-state index < -0.39 is 0 Å². The summed E-state index contributed by atoms with van der Waals surface area (Å²) in [6, 6.07) is 0. The first kappa shape index (κ1) is 10.4. The Labute approximate surface area is 72.7 Å². The predicted molar refractivity (Wildman–Crippen MR) is 51.4 cm³/mol. The lowest BCUT2D eigenvalue weighted by molar-refractivity contribution is 0.755. The zero-order valence-electron chi connectivity index (χ0n) is 7.13. The van der Waals surface area contributed by atoms with Crippen LogP contribution in [0.4, 0.5) is 0 Å². The molecule has 0 bridgehead atoms. The fourth-order valence-electron chi connectivity index (χ4n) is 0.578. The first-order chi connectivity index (χ1) is 5.07. The molecule has 2 nitrogen and oxygen atoms in total. The third-order valence-electron chi connectivity index (χ3n) is 1.10. The van der Waals surface area contributed by atoms with Crippen LogP contribution in [0.25, 0.3) is 0 Å². The van der Waals surface area contributed by atoms with Gasteiger partial charge in [-0.25, -0.2) is 4.99 Å². The van der Waals surface area contributed by atoms with Crippen LogP contribution in [0.2, 0.25) is 0 Å². The summed E-state index contributed by atoms with van der Waals surface area (Å²) in [5.41, 5.74) is 0.854. The van der Waals surface area contributed by atoms with Gasteiger partial charge >= 0.3 is 0 Å². The Morgan fingerprint density at radius 1 is 1.55 bits per heavy atom. The molecule has 0 N–H and O–H groups in total. The van der Waals surface area contributed by atoms with Crippen molar-refractivity contribution in [3.63, 3.8) is 0 Å². The minimum absolute atomic E-state index is 0.328. The molecule has 0 unspecified atom stereocenters. The quantitative estimate of drug-likeness (QED) is 0.585. The highest BCUT2D eigenvalue weighted by atomic mass is 35.5. The third kappa shape index (κ3) is 4.73. The molecule has 0 aliphatic carbocycles. The second-order valence-electron chi connectivity index (χ2n) is 2.50. The summed E-state index contributed by atoms with van der Waals surface area (Å²) in [5.74, 6) is 0.328. The van der Waals surface area contributed by atoms with Crippen molar-refractivity contribution in [2.24, 2.45) is 15.9 Å². The van der Waals surface area contributed by atoms with Gasteiger partial charge in [0.2, 0.25) is 0 Å². The molecule has 0 aliphatic rings. The molecule has 0 radical (unpaired) electrons. The van der Waals surface area contributed by atoms with Crippen molar-refractivity contribution in [1.82, 2.24) is 0 Å². The van der Waals surface area contributed by atoms with Crippen LogP contribution in [0, 0.1) is 5.92 Å². The summed E-state index contributed by atoms with van der Waals surface area (Å²) in [6.45, 7) is 9.14. The van der Waals surface area contributed by atoms with Crippen LogP contribution in [0.5, 0.6) is 0 Å². The van der Waals surface area contributed by atoms with E-state index in [-0.39, 0.29) is 0 Å². The van der Waals surface area contributed by atoms with Crippen molar-refractivity contribution in [3.05, 3.63) is 11.9 Å². The van der Waals surface area contributed by atoms with Crippen LogP contribution in [-0.2, 0) is 0 Å². The number of nitrogens with zero attached hydrogens (tertiary/aromatic N) is 2. The van der Waals surface area contributed by atoms with Gasteiger partial charge in [0.15, 0.2) is 0 Å². The number of hydrogen-bond donors (Lipinski definition) is 0. The van der Waals surface area contributed by atoms with Crippen molar-refractivity contribution in [2.75, 3.05) is 0 Å². The Bertz CT molecular complexity index is 188. The molecule has 0 saturated carbocycles. The minimum atomic E-state index is 0.328.